The standard InChI is InChI=1S/C60H43NOSi/c1-6-16-44(17-7-1)46-26-28-47(29-27-46)48-30-33-50(34-31-48)61(52-37-41-58-57-40-32-49(45-18-8-2-9-19-45)42-59(57)62-60(58)43-52)51-35-38-56(39-36-51)63(53-20-10-3-11-21-53,54-22-12-4-13-23-54)55-24-14-5-15-25-55/h1-43H. The molecule has 0 atom stereocenters. The van der Waals surface area contributed by atoms with E-state index in [1.54, 1.807) is 0 Å². The third kappa shape index (κ3) is 7.05. The Morgan fingerprint density at radius 1 is 0.254 bits per heavy atom. The number of nitrogens with zero attached hydrogens (tertiary/aromatic N) is 1. The second-order valence-corrected chi connectivity index (χ2v) is 19.9. The summed E-state index contributed by atoms with van der Waals surface area (Å²) in [5.41, 5.74) is 12.0. The van der Waals surface area contributed by atoms with Crippen LogP contribution in [0.15, 0.2) is 265 Å². The van der Waals surface area contributed by atoms with Crippen LogP contribution >= 0.6 is 0 Å². The number of fused-ring (bicyclic) bond motifs is 3. The number of benzene rings is 10. The van der Waals surface area contributed by atoms with Gasteiger partial charge in [0, 0.05) is 33.9 Å². The molecular weight excluding hydrogens is 779 g/mol. The second kappa shape index (κ2) is 16.5. The van der Waals surface area contributed by atoms with Crippen molar-refractivity contribution >= 4 is 67.8 Å². The van der Waals surface area contributed by atoms with Gasteiger partial charge >= 0.3 is 0 Å². The molecule has 11 rings (SSSR count). The zero-order valence-corrected chi connectivity index (χ0v) is 35.7. The molecule has 0 bridgehead atoms. The van der Waals surface area contributed by atoms with Crippen LogP contribution in [0.5, 0.6) is 0 Å². The van der Waals surface area contributed by atoms with E-state index < -0.39 is 8.07 Å². The van der Waals surface area contributed by atoms with Gasteiger partial charge in [-0.05, 0) is 103 Å². The van der Waals surface area contributed by atoms with E-state index in [1.165, 1.54) is 48.6 Å². The lowest BCUT2D eigenvalue weighted by molar-refractivity contribution is 0.669. The lowest BCUT2D eigenvalue weighted by Crippen LogP contribution is -2.74. The number of rotatable bonds is 10. The van der Waals surface area contributed by atoms with Crippen LogP contribution in [-0.2, 0) is 0 Å². The third-order valence-corrected chi connectivity index (χ3v) is 17.2. The molecular formula is C60H43NOSi. The van der Waals surface area contributed by atoms with E-state index in [-0.39, 0.29) is 0 Å². The average molecular weight is 822 g/mol. The first kappa shape index (κ1) is 38.0. The highest BCUT2D eigenvalue weighted by Gasteiger charge is 2.41. The highest BCUT2D eigenvalue weighted by Crippen LogP contribution is 2.40. The predicted octanol–water partition coefficient (Wildman–Crippen LogP) is 13.4. The summed E-state index contributed by atoms with van der Waals surface area (Å²) in [6.07, 6.45) is 0. The van der Waals surface area contributed by atoms with Crippen molar-refractivity contribution in [3.8, 4) is 33.4 Å². The molecule has 0 N–H and O–H groups in total. The minimum Gasteiger partial charge on any atom is -0.456 e. The predicted molar refractivity (Wildman–Crippen MR) is 268 cm³/mol. The van der Waals surface area contributed by atoms with Crippen molar-refractivity contribution in [3.05, 3.63) is 261 Å². The van der Waals surface area contributed by atoms with E-state index in [1.807, 2.05) is 0 Å². The molecule has 0 saturated heterocycles. The molecule has 0 saturated carbocycles. The second-order valence-electron chi connectivity index (χ2n) is 16.1. The number of hydrogen-bond acceptors (Lipinski definition) is 2. The van der Waals surface area contributed by atoms with Crippen molar-refractivity contribution in [1.82, 2.24) is 0 Å². The molecule has 1 aromatic heterocycles. The molecule has 0 amide bonds. The summed E-state index contributed by atoms with van der Waals surface area (Å²) in [5, 5.41) is 7.59. The Bertz CT molecular complexity index is 3180. The maximum atomic E-state index is 6.69. The van der Waals surface area contributed by atoms with Crippen molar-refractivity contribution in [2.45, 2.75) is 0 Å². The normalized spacial score (nSPS) is 11.5. The van der Waals surface area contributed by atoms with E-state index in [4.69, 9.17) is 4.42 Å². The SMILES string of the molecule is c1ccc(-c2ccc(-c3ccc(N(c4ccc([Si](c5ccccc5)(c5ccccc5)c5ccccc5)cc4)c4ccc5c(c4)oc4cc(-c6ccccc6)ccc45)cc3)cc2)cc1. The maximum Gasteiger partial charge on any atom is 0.179 e. The first-order chi connectivity index (χ1) is 31.2. The van der Waals surface area contributed by atoms with Crippen LogP contribution in [0.25, 0.3) is 55.3 Å². The van der Waals surface area contributed by atoms with Gasteiger partial charge in [-0.15, -0.1) is 0 Å². The molecule has 298 valence electrons. The van der Waals surface area contributed by atoms with Crippen molar-refractivity contribution in [2.24, 2.45) is 0 Å². The van der Waals surface area contributed by atoms with Gasteiger partial charge in [0.1, 0.15) is 11.2 Å². The van der Waals surface area contributed by atoms with E-state index in [0.717, 1.165) is 44.6 Å². The van der Waals surface area contributed by atoms with Gasteiger partial charge in [0.25, 0.3) is 0 Å². The van der Waals surface area contributed by atoms with Crippen LogP contribution in [0.1, 0.15) is 0 Å². The Hall–Kier alpha value is -7.98. The summed E-state index contributed by atoms with van der Waals surface area (Å²) < 4.78 is 6.69. The van der Waals surface area contributed by atoms with Crippen molar-refractivity contribution in [1.29, 1.82) is 0 Å². The molecule has 3 heteroatoms. The molecule has 0 spiro atoms. The van der Waals surface area contributed by atoms with Gasteiger partial charge < -0.3 is 9.32 Å². The van der Waals surface area contributed by atoms with Gasteiger partial charge in [-0.2, -0.15) is 0 Å². The fourth-order valence-corrected chi connectivity index (χ4v) is 14.1. The molecule has 0 radical (unpaired) electrons. The molecule has 0 aliphatic carbocycles. The Balaban J connectivity index is 1.03. The van der Waals surface area contributed by atoms with Crippen LogP contribution in [0.4, 0.5) is 17.1 Å². The topological polar surface area (TPSA) is 16.4 Å². The molecule has 0 aliphatic heterocycles. The van der Waals surface area contributed by atoms with E-state index in [9.17, 15) is 0 Å². The lowest BCUT2D eigenvalue weighted by atomic mass is 10.00. The van der Waals surface area contributed by atoms with Crippen LogP contribution in [0.3, 0.4) is 0 Å². The first-order valence-corrected chi connectivity index (χ1v) is 23.6. The molecule has 2 nitrogen and oxygen atoms in total. The molecule has 0 unspecified atom stereocenters. The van der Waals surface area contributed by atoms with Crippen molar-refractivity contribution in [2.75, 3.05) is 4.90 Å². The maximum absolute atomic E-state index is 6.69. The van der Waals surface area contributed by atoms with Crippen molar-refractivity contribution in [3.63, 3.8) is 0 Å². The Morgan fingerprint density at radius 3 is 1.05 bits per heavy atom. The Morgan fingerprint density at radius 2 is 0.571 bits per heavy atom. The van der Waals surface area contributed by atoms with E-state index >= 15 is 0 Å². The van der Waals surface area contributed by atoms with Gasteiger partial charge in [0.2, 0.25) is 0 Å². The van der Waals surface area contributed by atoms with Gasteiger partial charge in [0.15, 0.2) is 8.07 Å². The zero-order valence-electron chi connectivity index (χ0n) is 34.7. The van der Waals surface area contributed by atoms with Gasteiger partial charge in [-0.1, -0.05) is 206 Å². The smallest absolute Gasteiger partial charge is 0.179 e. The molecule has 10 aromatic carbocycles. The molecule has 1 heterocycles. The van der Waals surface area contributed by atoms with Crippen molar-refractivity contribution < 1.29 is 4.42 Å². The number of hydrogen-bond donors (Lipinski definition) is 0. The largest absolute Gasteiger partial charge is 0.456 e. The number of furan rings is 1. The van der Waals surface area contributed by atoms with Crippen LogP contribution in [0, 0.1) is 0 Å². The summed E-state index contributed by atoms with van der Waals surface area (Å²) >= 11 is 0. The van der Waals surface area contributed by atoms with Crippen LogP contribution in [0.2, 0.25) is 0 Å². The molecule has 0 aliphatic rings. The van der Waals surface area contributed by atoms with Crippen LogP contribution < -0.4 is 25.6 Å². The third-order valence-electron chi connectivity index (χ3n) is 12.5. The van der Waals surface area contributed by atoms with Gasteiger partial charge in [0.05, 0.1) is 0 Å². The van der Waals surface area contributed by atoms with Crippen LogP contribution in [-0.4, -0.2) is 8.07 Å². The fourth-order valence-electron chi connectivity index (χ4n) is 9.38. The summed E-state index contributed by atoms with van der Waals surface area (Å²) in [6.45, 7) is 0. The zero-order chi connectivity index (χ0) is 42.0. The summed E-state index contributed by atoms with van der Waals surface area (Å²) in [7, 11) is -2.71. The lowest BCUT2D eigenvalue weighted by Gasteiger charge is -2.35. The molecule has 0 fully saturated rings. The molecule has 63 heavy (non-hydrogen) atoms. The minimum absolute atomic E-state index is 0.855. The first-order valence-electron chi connectivity index (χ1n) is 21.6. The average Bonchev–Trinajstić information content (AvgIpc) is 3.74. The van der Waals surface area contributed by atoms with E-state index in [0.29, 0.717) is 0 Å². The highest BCUT2D eigenvalue weighted by molar-refractivity contribution is 7.19. The number of anilines is 3. The van der Waals surface area contributed by atoms with Gasteiger partial charge in [-0.25, -0.2) is 0 Å². The monoisotopic (exact) mass is 821 g/mol. The Kier molecular flexibility index (Phi) is 9.93. The summed E-state index contributed by atoms with van der Waals surface area (Å²) in [4.78, 5) is 2.35. The minimum atomic E-state index is -2.71. The summed E-state index contributed by atoms with van der Waals surface area (Å²) in [5.74, 6) is 0. The van der Waals surface area contributed by atoms with Gasteiger partial charge in [-0.3, -0.25) is 0 Å². The fraction of sp³-hybridized carbons (Fsp3) is 0. The van der Waals surface area contributed by atoms with E-state index in [2.05, 4.69) is 266 Å². The summed E-state index contributed by atoms with van der Waals surface area (Å²) in [6, 6.07) is 94.6. The quantitative estimate of drug-likeness (QED) is 0.101. The Labute approximate surface area is 369 Å². The highest BCUT2D eigenvalue weighted by atomic mass is 28.3. The molecule has 11 aromatic rings.